The third-order valence-electron chi connectivity index (χ3n) is 1.30. The van der Waals surface area contributed by atoms with E-state index in [4.69, 9.17) is 22.1 Å². The molecule has 14 heavy (non-hydrogen) atoms. The summed E-state index contributed by atoms with van der Waals surface area (Å²) in [6.07, 6.45) is -0.477. The second-order valence-electron chi connectivity index (χ2n) is 3.98. The van der Waals surface area contributed by atoms with Crippen LogP contribution in [0.15, 0.2) is 10.7 Å². The fraction of sp³-hybridized carbons (Fsp3) is 0.667. The minimum absolute atomic E-state index is 0.195. The molecular weight excluding hydrogens is 204 g/mol. The molecule has 0 fully saturated rings. The second kappa shape index (κ2) is 5.10. The van der Waals surface area contributed by atoms with E-state index in [2.05, 4.69) is 5.32 Å². The number of halogens is 1. The molecule has 0 rings (SSSR count). The Morgan fingerprint density at radius 2 is 2.00 bits per heavy atom. The van der Waals surface area contributed by atoms with Crippen LogP contribution in [0, 0.1) is 0 Å². The van der Waals surface area contributed by atoms with Crippen molar-refractivity contribution in [3.05, 3.63) is 10.7 Å². The molecule has 82 valence electrons. The van der Waals surface area contributed by atoms with Crippen LogP contribution in [0.3, 0.4) is 0 Å². The van der Waals surface area contributed by atoms with Crippen LogP contribution in [-0.2, 0) is 4.74 Å². The van der Waals surface area contributed by atoms with Crippen LogP contribution in [0.25, 0.3) is 0 Å². The van der Waals surface area contributed by atoms with E-state index in [1.54, 1.807) is 27.7 Å². The van der Waals surface area contributed by atoms with Gasteiger partial charge in [0.05, 0.1) is 5.16 Å². The Hall–Kier alpha value is -0.900. The molecule has 0 aliphatic carbocycles. The number of nitrogens with two attached hydrogens (primary N) is 1. The lowest BCUT2D eigenvalue weighted by Gasteiger charge is -2.19. The molecule has 0 atom stereocenters. The number of hydrogen-bond acceptors (Lipinski definition) is 3. The number of amides is 1. The van der Waals surface area contributed by atoms with Gasteiger partial charge in [0, 0.05) is 6.54 Å². The van der Waals surface area contributed by atoms with E-state index in [1.165, 1.54) is 0 Å². The molecule has 3 N–H and O–H groups in total. The van der Waals surface area contributed by atoms with Crippen molar-refractivity contribution in [2.45, 2.75) is 33.3 Å². The molecule has 0 bridgehead atoms. The van der Waals surface area contributed by atoms with E-state index in [9.17, 15) is 4.79 Å². The smallest absolute Gasteiger partial charge is 0.407 e. The van der Waals surface area contributed by atoms with Gasteiger partial charge in [-0.15, -0.1) is 0 Å². The number of carbonyl (C=O) groups excluding carboxylic acids is 1. The number of carbonyl (C=O) groups is 1. The van der Waals surface area contributed by atoms with Crippen LogP contribution in [-0.4, -0.2) is 18.2 Å². The van der Waals surface area contributed by atoms with Gasteiger partial charge in [0.2, 0.25) is 0 Å². The highest BCUT2D eigenvalue weighted by atomic mass is 35.5. The Balaban J connectivity index is 3.94. The maximum Gasteiger partial charge on any atom is 0.407 e. The predicted molar refractivity (Wildman–Crippen MR) is 57.0 cm³/mol. The number of ether oxygens (including phenoxy) is 1. The molecule has 0 aromatic heterocycles. The molecule has 0 aromatic carbocycles. The first-order valence-corrected chi connectivity index (χ1v) is 4.68. The monoisotopic (exact) mass is 220 g/mol. The van der Waals surface area contributed by atoms with Crippen molar-refractivity contribution in [2.75, 3.05) is 6.54 Å². The van der Waals surface area contributed by atoms with Gasteiger partial charge >= 0.3 is 6.09 Å². The summed E-state index contributed by atoms with van der Waals surface area (Å²) in [5.74, 6) is 0. The van der Waals surface area contributed by atoms with E-state index >= 15 is 0 Å². The van der Waals surface area contributed by atoms with Crippen molar-refractivity contribution in [3.63, 3.8) is 0 Å². The molecule has 0 spiro atoms. The minimum Gasteiger partial charge on any atom is -0.444 e. The van der Waals surface area contributed by atoms with Crippen molar-refractivity contribution in [1.29, 1.82) is 0 Å². The maximum absolute atomic E-state index is 11.1. The van der Waals surface area contributed by atoms with Gasteiger partial charge in [0.25, 0.3) is 0 Å². The van der Waals surface area contributed by atoms with Gasteiger partial charge in [-0.2, -0.15) is 0 Å². The Morgan fingerprint density at radius 1 is 1.50 bits per heavy atom. The second-order valence-corrected chi connectivity index (χ2v) is 4.39. The molecule has 0 unspecified atom stereocenters. The van der Waals surface area contributed by atoms with Crippen LogP contribution < -0.4 is 11.1 Å². The van der Waals surface area contributed by atoms with Gasteiger partial charge in [-0.05, 0) is 33.3 Å². The van der Waals surface area contributed by atoms with Gasteiger partial charge in [0.1, 0.15) is 5.60 Å². The average Bonchev–Trinajstić information content (AvgIpc) is 1.96. The SMILES string of the molecule is C/C(CNC(=O)OC(C)(C)C)=C(\N)Cl. The first kappa shape index (κ1) is 13.1. The summed E-state index contributed by atoms with van der Waals surface area (Å²) in [7, 11) is 0. The third kappa shape index (κ3) is 6.60. The zero-order chi connectivity index (χ0) is 11.4. The molecular formula is C9H17ClN2O2. The topological polar surface area (TPSA) is 64.3 Å². The first-order valence-electron chi connectivity index (χ1n) is 4.30. The number of rotatable bonds is 2. The number of hydrogen-bond donors (Lipinski definition) is 2. The van der Waals surface area contributed by atoms with E-state index < -0.39 is 11.7 Å². The van der Waals surface area contributed by atoms with Gasteiger partial charge in [-0.3, -0.25) is 0 Å². The predicted octanol–water partition coefficient (Wildman–Crippen LogP) is 1.94. The minimum atomic E-state index is -0.492. The number of alkyl carbamates (subject to hydrolysis) is 1. The summed E-state index contributed by atoms with van der Waals surface area (Å²) in [5.41, 5.74) is 5.52. The normalized spacial score (nSPS) is 13.2. The summed E-state index contributed by atoms with van der Waals surface area (Å²) in [4.78, 5) is 11.1. The van der Waals surface area contributed by atoms with Crippen LogP contribution in [0.5, 0.6) is 0 Å². The molecule has 0 aliphatic rings. The van der Waals surface area contributed by atoms with Crippen molar-refractivity contribution in [1.82, 2.24) is 5.32 Å². The first-order chi connectivity index (χ1) is 6.22. The number of nitrogens with one attached hydrogen (secondary N) is 1. The Kier molecular flexibility index (Phi) is 4.77. The van der Waals surface area contributed by atoms with E-state index in [-0.39, 0.29) is 5.16 Å². The highest BCUT2D eigenvalue weighted by Gasteiger charge is 2.15. The zero-order valence-electron chi connectivity index (χ0n) is 8.98. The molecule has 0 radical (unpaired) electrons. The van der Waals surface area contributed by atoms with Crippen molar-refractivity contribution < 1.29 is 9.53 Å². The summed E-state index contributed by atoms with van der Waals surface area (Å²) in [6.45, 7) is 7.42. The molecule has 5 heteroatoms. The van der Waals surface area contributed by atoms with E-state index in [0.717, 1.165) is 0 Å². The highest BCUT2D eigenvalue weighted by molar-refractivity contribution is 6.29. The quantitative estimate of drug-likeness (QED) is 0.699. The lowest BCUT2D eigenvalue weighted by Crippen LogP contribution is -2.33. The average molecular weight is 221 g/mol. The molecule has 0 saturated heterocycles. The van der Waals surface area contributed by atoms with Crippen LogP contribution in [0.4, 0.5) is 4.79 Å². The fourth-order valence-electron chi connectivity index (χ4n) is 0.603. The van der Waals surface area contributed by atoms with E-state index in [0.29, 0.717) is 12.1 Å². The van der Waals surface area contributed by atoms with E-state index in [1.807, 2.05) is 0 Å². The standard InChI is InChI=1S/C9H17ClN2O2/c1-6(7(10)11)5-12-8(13)14-9(2,3)4/h5,11H2,1-4H3,(H,12,13)/b7-6+. The van der Waals surface area contributed by atoms with Gasteiger partial charge in [0.15, 0.2) is 0 Å². The molecule has 4 nitrogen and oxygen atoms in total. The summed E-state index contributed by atoms with van der Waals surface area (Å²) >= 11 is 5.51. The summed E-state index contributed by atoms with van der Waals surface area (Å²) in [6, 6.07) is 0. The Bertz CT molecular complexity index is 240. The maximum atomic E-state index is 11.1. The van der Waals surface area contributed by atoms with Gasteiger partial charge in [-0.1, -0.05) is 11.6 Å². The van der Waals surface area contributed by atoms with Crippen LogP contribution in [0.1, 0.15) is 27.7 Å². The fourth-order valence-corrected chi connectivity index (χ4v) is 0.670. The lowest BCUT2D eigenvalue weighted by atomic mass is 10.2. The third-order valence-corrected chi connectivity index (χ3v) is 1.63. The summed E-state index contributed by atoms with van der Waals surface area (Å²) in [5, 5.41) is 2.73. The van der Waals surface area contributed by atoms with Crippen LogP contribution >= 0.6 is 11.6 Å². The van der Waals surface area contributed by atoms with Crippen molar-refractivity contribution >= 4 is 17.7 Å². The largest absolute Gasteiger partial charge is 0.444 e. The van der Waals surface area contributed by atoms with Crippen molar-refractivity contribution in [2.24, 2.45) is 5.73 Å². The molecule has 1 amide bonds. The van der Waals surface area contributed by atoms with Crippen LogP contribution in [0.2, 0.25) is 0 Å². The molecule has 0 aromatic rings. The molecule has 0 aliphatic heterocycles. The Labute approximate surface area is 89.4 Å². The summed E-state index contributed by atoms with van der Waals surface area (Å²) < 4.78 is 5.01. The zero-order valence-corrected chi connectivity index (χ0v) is 9.73. The van der Waals surface area contributed by atoms with Crippen molar-refractivity contribution in [3.8, 4) is 0 Å². The lowest BCUT2D eigenvalue weighted by molar-refractivity contribution is 0.0532. The highest BCUT2D eigenvalue weighted by Crippen LogP contribution is 2.07. The van der Waals surface area contributed by atoms with Gasteiger partial charge in [-0.25, -0.2) is 4.79 Å². The molecule has 0 heterocycles. The Morgan fingerprint density at radius 3 is 2.36 bits per heavy atom. The van der Waals surface area contributed by atoms with Gasteiger partial charge < -0.3 is 15.8 Å². The molecule has 0 saturated carbocycles.